The molecule has 1 amide bonds. The number of hydrogen-bond acceptors (Lipinski definition) is 2. The third-order valence-electron chi connectivity index (χ3n) is 4.37. The van der Waals surface area contributed by atoms with Crippen LogP contribution in [0, 0.1) is 17.7 Å². The van der Waals surface area contributed by atoms with Crippen molar-refractivity contribution in [2.24, 2.45) is 11.8 Å². The third-order valence-corrected chi connectivity index (χ3v) is 4.37. The van der Waals surface area contributed by atoms with Gasteiger partial charge < -0.3 is 10.6 Å². The van der Waals surface area contributed by atoms with Gasteiger partial charge in [0.15, 0.2) is 0 Å². The fourth-order valence-electron chi connectivity index (χ4n) is 3.54. The molecule has 2 saturated carbocycles. The molecular weight excluding hydrogens is 243 g/mol. The van der Waals surface area contributed by atoms with Gasteiger partial charge in [0, 0.05) is 18.7 Å². The smallest absolute Gasteiger partial charge is 0.221 e. The Kier molecular flexibility index (Phi) is 3.17. The molecule has 0 saturated heterocycles. The zero-order chi connectivity index (χ0) is 13.4. The van der Waals surface area contributed by atoms with Crippen molar-refractivity contribution in [1.29, 1.82) is 0 Å². The monoisotopic (exact) mass is 262 g/mol. The van der Waals surface area contributed by atoms with E-state index in [2.05, 4.69) is 10.6 Å². The Morgan fingerprint density at radius 3 is 2.79 bits per heavy atom. The van der Waals surface area contributed by atoms with Gasteiger partial charge in [0.05, 0.1) is 5.69 Å². The lowest BCUT2D eigenvalue weighted by Crippen LogP contribution is -2.25. The zero-order valence-electron chi connectivity index (χ0n) is 11.1. The van der Waals surface area contributed by atoms with E-state index in [1.807, 2.05) is 0 Å². The molecule has 0 spiro atoms. The molecule has 0 aromatic heterocycles. The van der Waals surface area contributed by atoms with E-state index in [-0.39, 0.29) is 11.6 Å². The first-order chi connectivity index (χ1) is 9.11. The number of carbonyl (C=O) groups is 1. The minimum absolute atomic E-state index is 0.251. The topological polar surface area (TPSA) is 41.1 Å². The number of amides is 1. The minimum Gasteiger partial charge on any atom is -0.382 e. The fourth-order valence-corrected chi connectivity index (χ4v) is 3.54. The number of hydrogen-bond donors (Lipinski definition) is 2. The molecule has 2 aliphatic carbocycles. The van der Waals surface area contributed by atoms with Crippen LogP contribution in [0.1, 0.15) is 32.6 Å². The van der Waals surface area contributed by atoms with Gasteiger partial charge in [-0.15, -0.1) is 0 Å². The molecule has 3 atom stereocenters. The van der Waals surface area contributed by atoms with Gasteiger partial charge in [0.1, 0.15) is 5.82 Å². The lowest BCUT2D eigenvalue weighted by atomic mass is 9.95. The van der Waals surface area contributed by atoms with E-state index in [0.29, 0.717) is 6.04 Å². The van der Waals surface area contributed by atoms with Crippen LogP contribution < -0.4 is 10.6 Å². The van der Waals surface area contributed by atoms with Gasteiger partial charge >= 0.3 is 0 Å². The molecule has 3 nitrogen and oxygen atoms in total. The van der Waals surface area contributed by atoms with Crippen LogP contribution in [0.2, 0.25) is 0 Å². The summed E-state index contributed by atoms with van der Waals surface area (Å²) >= 11 is 0. The zero-order valence-corrected chi connectivity index (χ0v) is 11.1. The molecule has 4 heteroatoms. The van der Waals surface area contributed by atoms with Crippen molar-refractivity contribution in [2.75, 3.05) is 10.6 Å². The Hall–Kier alpha value is -1.58. The maximum absolute atomic E-state index is 13.6. The van der Waals surface area contributed by atoms with E-state index >= 15 is 0 Å². The molecule has 102 valence electrons. The molecule has 2 aliphatic rings. The lowest BCUT2D eigenvalue weighted by Gasteiger charge is -2.24. The number of fused-ring (bicyclic) bond motifs is 2. The van der Waals surface area contributed by atoms with Gasteiger partial charge in [-0.3, -0.25) is 4.79 Å². The van der Waals surface area contributed by atoms with Gasteiger partial charge in [0.2, 0.25) is 5.91 Å². The third kappa shape index (κ3) is 2.57. The highest BCUT2D eigenvalue weighted by atomic mass is 19.1. The summed E-state index contributed by atoms with van der Waals surface area (Å²) in [6.45, 7) is 1.38. The van der Waals surface area contributed by atoms with E-state index in [1.165, 1.54) is 38.7 Å². The van der Waals surface area contributed by atoms with Crippen LogP contribution >= 0.6 is 0 Å². The minimum atomic E-state index is -0.395. The average molecular weight is 262 g/mol. The van der Waals surface area contributed by atoms with E-state index < -0.39 is 5.82 Å². The molecular formula is C15H19FN2O. The molecule has 2 N–H and O–H groups in total. The van der Waals surface area contributed by atoms with Crippen LogP contribution in [-0.2, 0) is 4.79 Å². The second kappa shape index (κ2) is 4.83. The highest BCUT2D eigenvalue weighted by Crippen LogP contribution is 2.45. The van der Waals surface area contributed by atoms with Crippen LogP contribution in [0.25, 0.3) is 0 Å². The van der Waals surface area contributed by atoms with Crippen molar-refractivity contribution < 1.29 is 9.18 Å². The fraction of sp³-hybridized carbons (Fsp3) is 0.533. The molecule has 0 radical (unpaired) electrons. The van der Waals surface area contributed by atoms with Crippen molar-refractivity contribution in [3.63, 3.8) is 0 Å². The van der Waals surface area contributed by atoms with Crippen LogP contribution in [0.3, 0.4) is 0 Å². The number of carbonyl (C=O) groups excluding carboxylic acids is 1. The van der Waals surface area contributed by atoms with Gasteiger partial charge in [-0.05, 0) is 49.3 Å². The maximum Gasteiger partial charge on any atom is 0.221 e. The number of anilines is 2. The summed E-state index contributed by atoms with van der Waals surface area (Å²) in [5.74, 6) is 0.988. The standard InChI is InChI=1S/C15H19FN2O/c1-9(19)17-15-8-12(4-5-13(15)16)18-14-7-10-2-3-11(14)6-10/h4-5,8,10-11,14,18H,2-3,6-7H2,1H3,(H,17,19). The van der Waals surface area contributed by atoms with Crippen LogP contribution in [-0.4, -0.2) is 11.9 Å². The number of benzene rings is 1. The van der Waals surface area contributed by atoms with E-state index in [0.717, 1.165) is 17.5 Å². The van der Waals surface area contributed by atoms with Crippen molar-refractivity contribution in [2.45, 2.75) is 38.6 Å². The van der Waals surface area contributed by atoms with Gasteiger partial charge in [0.25, 0.3) is 0 Å². The lowest BCUT2D eigenvalue weighted by molar-refractivity contribution is -0.114. The van der Waals surface area contributed by atoms with Crippen LogP contribution in [0.5, 0.6) is 0 Å². The summed E-state index contributed by atoms with van der Waals surface area (Å²) in [6.07, 6.45) is 5.22. The summed E-state index contributed by atoms with van der Waals surface area (Å²) in [5.41, 5.74) is 1.14. The molecule has 1 aromatic rings. The highest BCUT2D eigenvalue weighted by molar-refractivity contribution is 5.89. The van der Waals surface area contributed by atoms with E-state index in [9.17, 15) is 9.18 Å². The van der Waals surface area contributed by atoms with Gasteiger partial charge in [-0.25, -0.2) is 4.39 Å². The molecule has 19 heavy (non-hydrogen) atoms. The summed E-state index contributed by atoms with van der Waals surface area (Å²) in [7, 11) is 0. The Balaban J connectivity index is 1.72. The Morgan fingerprint density at radius 1 is 1.32 bits per heavy atom. The van der Waals surface area contributed by atoms with Crippen molar-refractivity contribution in [3.05, 3.63) is 24.0 Å². The second-order valence-corrected chi connectivity index (χ2v) is 5.80. The van der Waals surface area contributed by atoms with Crippen molar-refractivity contribution in [1.82, 2.24) is 0 Å². The number of nitrogens with one attached hydrogen (secondary N) is 2. The van der Waals surface area contributed by atoms with E-state index in [1.54, 1.807) is 12.1 Å². The van der Waals surface area contributed by atoms with E-state index in [4.69, 9.17) is 0 Å². The largest absolute Gasteiger partial charge is 0.382 e. The molecule has 0 aliphatic heterocycles. The predicted molar refractivity (Wildman–Crippen MR) is 73.6 cm³/mol. The molecule has 3 unspecified atom stereocenters. The molecule has 2 bridgehead atoms. The maximum atomic E-state index is 13.6. The first kappa shape index (κ1) is 12.5. The van der Waals surface area contributed by atoms with Crippen LogP contribution in [0.4, 0.5) is 15.8 Å². The Bertz CT molecular complexity index is 503. The summed E-state index contributed by atoms with van der Waals surface area (Å²) in [6, 6.07) is 5.34. The van der Waals surface area contributed by atoms with Crippen molar-refractivity contribution >= 4 is 17.3 Å². The Labute approximate surface area is 112 Å². The van der Waals surface area contributed by atoms with Gasteiger partial charge in [-0.1, -0.05) is 6.42 Å². The SMILES string of the molecule is CC(=O)Nc1cc(NC2CC3CCC2C3)ccc1F. The number of rotatable bonds is 3. The molecule has 0 heterocycles. The average Bonchev–Trinajstić information content (AvgIpc) is 2.95. The number of halogens is 1. The summed E-state index contributed by atoms with van der Waals surface area (Å²) in [4.78, 5) is 11.0. The quantitative estimate of drug-likeness (QED) is 0.876. The van der Waals surface area contributed by atoms with Crippen molar-refractivity contribution in [3.8, 4) is 0 Å². The molecule has 1 aromatic carbocycles. The van der Waals surface area contributed by atoms with Crippen LogP contribution in [0.15, 0.2) is 18.2 Å². The first-order valence-corrected chi connectivity index (χ1v) is 6.95. The molecule has 3 rings (SSSR count). The summed E-state index contributed by atoms with van der Waals surface area (Å²) in [5, 5.41) is 6.01. The van der Waals surface area contributed by atoms with Gasteiger partial charge in [-0.2, -0.15) is 0 Å². The molecule has 2 fully saturated rings. The first-order valence-electron chi connectivity index (χ1n) is 6.95. The summed E-state index contributed by atoms with van der Waals surface area (Å²) < 4.78 is 13.6. The highest BCUT2D eigenvalue weighted by Gasteiger charge is 2.39. The Morgan fingerprint density at radius 2 is 2.16 bits per heavy atom. The predicted octanol–water partition coefficient (Wildman–Crippen LogP) is 3.38. The second-order valence-electron chi connectivity index (χ2n) is 5.80. The normalized spacial score (nSPS) is 28.4.